The first-order valence-electron chi connectivity index (χ1n) is 8.98. The van der Waals surface area contributed by atoms with Gasteiger partial charge in [0.15, 0.2) is 0 Å². The van der Waals surface area contributed by atoms with Crippen molar-refractivity contribution in [1.29, 1.82) is 0 Å². The number of Topliss-reactive ketones (excluding diaryl/α,β-unsaturated/α-hetero) is 2. The van der Waals surface area contributed by atoms with Crippen LogP contribution in [0.4, 0.5) is 0 Å². The molecule has 0 aromatic rings. The zero-order chi connectivity index (χ0) is 18.3. The molecule has 24 heavy (non-hydrogen) atoms. The van der Waals surface area contributed by atoms with Crippen LogP contribution in [-0.2, 0) is 19.2 Å². The highest BCUT2D eigenvalue weighted by molar-refractivity contribution is 6.03. The van der Waals surface area contributed by atoms with Crippen molar-refractivity contribution in [3.8, 4) is 0 Å². The molecule has 1 rings (SSSR count). The molecule has 0 aromatic heterocycles. The van der Waals surface area contributed by atoms with E-state index in [0.717, 1.165) is 19.3 Å². The van der Waals surface area contributed by atoms with Crippen molar-refractivity contribution in [3.05, 3.63) is 0 Å². The summed E-state index contributed by atoms with van der Waals surface area (Å²) in [4.78, 5) is 48.2. The summed E-state index contributed by atoms with van der Waals surface area (Å²) in [6.07, 6.45) is 4.76. The topological polar surface area (TPSA) is 71.5 Å². The lowest BCUT2D eigenvalue weighted by molar-refractivity contribution is -0.140. The van der Waals surface area contributed by atoms with E-state index < -0.39 is 0 Å². The van der Waals surface area contributed by atoms with Gasteiger partial charge in [0.1, 0.15) is 11.6 Å². The van der Waals surface area contributed by atoms with Crippen molar-refractivity contribution in [1.82, 2.24) is 4.90 Å². The highest BCUT2D eigenvalue weighted by atomic mass is 16.2. The maximum Gasteiger partial charge on any atom is 0.233 e. The van der Waals surface area contributed by atoms with Crippen LogP contribution >= 0.6 is 0 Å². The van der Waals surface area contributed by atoms with Crippen LogP contribution in [0.25, 0.3) is 0 Å². The fourth-order valence-corrected chi connectivity index (χ4v) is 3.02. The van der Waals surface area contributed by atoms with E-state index in [-0.39, 0.29) is 34.7 Å². The van der Waals surface area contributed by atoms with Gasteiger partial charge in [0.05, 0.1) is 5.92 Å². The van der Waals surface area contributed by atoms with Gasteiger partial charge in [0.25, 0.3) is 0 Å². The SMILES string of the molecule is CC(=O)CCCC(=O)CCCCCN1C(=O)CC(C(C)(C)C)C1=O. The number of nitrogens with zero attached hydrogens (tertiary/aromatic N) is 1. The number of hydrogen-bond acceptors (Lipinski definition) is 4. The van der Waals surface area contributed by atoms with Crippen LogP contribution in [0.1, 0.15) is 79.1 Å². The summed E-state index contributed by atoms with van der Waals surface area (Å²) in [5.41, 5.74) is -0.187. The average molecular weight is 337 g/mol. The van der Waals surface area contributed by atoms with E-state index in [1.54, 1.807) is 0 Å². The van der Waals surface area contributed by atoms with Gasteiger partial charge in [-0.3, -0.25) is 19.3 Å². The third-order valence-electron chi connectivity index (χ3n) is 4.61. The molecule has 1 aliphatic heterocycles. The molecule has 0 aliphatic carbocycles. The van der Waals surface area contributed by atoms with Crippen LogP contribution in [0.2, 0.25) is 0 Å². The Morgan fingerprint density at radius 1 is 1.00 bits per heavy atom. The molecule has 1 atom stereocenters. The van der Waals surface area contributed by atoms with Gasteiger partial charge in [-0.05, 0) is 31.6 Å². The Balaban J connectivity index is 2.21. The van der Waals surface area contributed by atoms with Gasteiger partial charge >= 0.3 is 0 Å². The predicted octanol–water partition coefficient (Wildman–Crippen LogP) is 3.30. The van der Waals surface area contributed by atoms with Crippen LogP contribution in [0, 0.1) is 11.3 Å². The Labute approximate surface area is 145 Å². The molecule has 1 aliphatic rings. The van der Waals surface area contributed by atoms with Gasteiger partial charge < -0.3 is 4.79 Å². The average Bonchev–Trinajstić information content (AvgIpc) is 2.74. The number of imide groups is 1. The maximum atomic E-state index is 12.3. The Hall–Kier alpha value is -1.52. The van der Waals surface area contributed by atoms with Crippen LogP contribution in [0.3, 0.4) is 0 Å². The van der Waals surface area contributed by atoms with Crippen molar-refractivity contribution >= 4 is 23.4 Å². The van der Waals surface area contributed by atoms with Gasteiger partial charge in [0, 0.05) is 32.2 Å². The minimum absolute atomic E-state index is 0.0483. The van der Waals surface area contributed by atoms with Crippen LogP contribution in [0.5, 0.6) is 0 Å². The quantitative estimate of drug-likeness (QED) is 0.453. The fraction of sp³-hybridized carbons (Fsp3) is 0.789. The summed E-state index contributed by atoms with van der Waals surface area (Å²) >= 11 is 0. The number of hydrogen-bond donors (Lipinski definition) is 0. The Morgan fingerprint density at radius 3 is 2.17 bits per heavy atom. The predicted molar refractivity (Wildman–Crippen MR) is 92.3 cm³/mol. The second kappa shape index (κ2) is 9.09. The molecule has 0 spiro atoms. The summed E-state index contributed by atoms with van der Waals surface area (Å²) in [6, 6.07) is 0. The third-order valence-corrected chi connectivity index (χ3v) is 4.61. The van der Waals surface area contributed by atoms with Crippen molar-refractivity contribution < 1.29 is 19.2 Å². The molecule has 1 unspecified atom stereocenters. The van der Waals surface area contributed by atoms with E-state index >= 15 is 0 Å². The highest BCUT2D eigenvalue weighted by Crippen LogP contribution is 2.35. The van der Waals surface area contributed by atoms with Crippen molar-refractivity contribution in [2.75, 3.05) is 6.54 Å². The monoisotopic (exact) mass is 337 g/mol. The molecule has 0 saturated carbocycles. The van der Waals surface area contributed by atoms with Crippen molar-refractivity contribution in [2.45, 2.75) is 79.1 Å². The first-order chi connectivity index (χ1) is 11.1. The van der Waals surface area contributed by atoms with Gasteiger partial charge in [-0.25, -0.2) is 0 Å². The van der Waals surface area contributed by atoms with Crippen LogP contribution < -0.4 is 0 Å². The molecule has 0 radical (unpaired) electrons. The summed E-state index contributed by atoms with van der Waals surface area (Å²) in [5, 5.41) is 0. The molecule has 0 bridgehead atoms. The molecule has 5 heteroatoms. The lowest BCUT2D eigenvalue weighted by atomic mass is 9.80. The highest BCUT2D eigenvalue weighted by Gasteiger charge is 2.44. The normalized spacial score (nSPS) is 18.3. The Kier molecular flexibility index (Phi) is 7.77. The van der Waals surface area contributed by atoms with E-state index in [0.29, 0.717) is 38.6 Å². The Bertz CT molecular complexity index is 490. The van der Waals surface area contributed by atoms with Gasteiger partial charge in [0.2, 0.25) is 11.8 Å². The van der Waals surface area contributed by atoms with E-state index in [4.69, 9.17) is 0 Å². The molecule has 2 amide bonds. The molecule has 1 fully saturated rings. The summed E-state index contributed by atoms with van der Waals surface area (Å²) in [7, 11) is 0. The first kappa shape index (κ1) is 20.5. The number of amides is 2. The number of rotatable bonds is 10. The van der Waals surface area contributed by atoms with Crippen LogP contribution in [-0.4, -0.2) is 34.8 Å². The summed E-state index contributed by atoms with van der Waals surface area (Å²) in [6.45, 7) is 7.97. The number of likely N-dealkylation sites (tertiary alicyclic amines) is 1. The molecular formula is C19H31NO4. The molecule has 0 N–H and O–H groups in total. The van der Waals surface area contributed by atoms with E-state index in [9.17, 15) is 19.2 Å². The summed E-state index contributed by atoms with van der Waals surface area (Å²) < 4.78 is 0. The number of ketones is 2. The zero-order valence-electron chi connectivity index (χ0n) is 15.5. The first-order valence-corrected chi connectivity index (χ1v) is 8.98. The van der Waals surface area contributed by atoms with Crippen LogP contribution in [0.15, 0.2) is 0 Å². The maximum absolute atomic E-state index is 12.3. The van der Waals surface area contributed by atoms with E-state index in [1.807, 2.05) is 20.8 Å². The Morgan fingerprint density at radius 2 is 1.62 bits per heavy atom. The minimum Gasteiger partial charge on any atom is -0.300 e. The lowest BCUT2D eigenvalue weighted by Gasteiger charge is -2.24. The fourth-order valence-electron chi connectivity index (χ4n) is 3.02. The van der Waals surface area contributed by atoms with Crippen molar-refractivity contribution in [2.24, 2.45) is 11.3 Å². The zero-order valence-corrected chi connectivity index (χ0v) is 15.5. The van der Waals surface area contributed by atoms with E-state index in [1.165, 1.54) is 11.8 Å². The third kappa shape index (κ3) is 6.54. The van der Waals surface area contributed by atoms with Gasteiger partial charge in [-0.2, -0.15) is 0 Å². The molecular weight excluding hydrogens is 306 g/mol. The van der Waals surface area contributed by atoms with Crippen molar-refractivity contribution in [3.63, 3.8) is 0 Å². The number of carbonyl (C=O) groups excluding carboxylic acids is 4. The standard InChI is InChI=1S/C19H31NO4/c1-14(21)9-8-11-15(22)10-6-5-7-12-20-17(23)13-16(18(20)24)19(2,3)4/h16H,5-13H2,1-4H3. The number of unbranched alkanes of at least 4 members (excludes halogenated alkanes) is 2. The molecule has 1 heterocycles. The molecule has 136 valence electrons. The molecule has 0 aromatic carbocycles. The number of carbonyl (C=O) groups is 4. The molecule has 1 saturated heterocycles. The molecule has 5 nitrogen and oxygen atoms in total. The largest absolute Gasteiger partial charge is 0.300 e. The summed E-state index contributed by atoms with van der Waals surface area (Å²) in [5.74, 6) is -0.0189. The lowest BCUT2D eigenvalue weighted by Crippen LogP contribution is -2.34. The second-order valence-electron chi connectivity index (χ2n) is 7.91. The smallest absolute Gasteiger partial charge is 0.233 e. The van der Waals surface area contributed by atoms with E-state index in [2.05, 4.69) is 0 Å². The van der Waals surface area contributed by atoms with Gasteiger partial charge in [-0.1, -0.05) is 27.2 Å². The second-order valence-corrected chi connectivity index (χ2v) is 7.91. The van der Waals surface area contributed by atoms with Gasteiger partial charge in [-0.15, -0.1) is 0 Å². The minimum atomic E-state index is -0.215.